The Morgan fingerprint density at radius 1 is 0.941 bits per heavy atom. The Kier molecular flexibility index (Phi) is 5.61. The lowest BCUT2D eigenvalue weighted by molar-refractivity contribution is 0.0950. The largest absolute Gasteiger partial charge is 0.294 e. The Hall–Kier alpha value is -1.44. The summed E-state index contributed by atoms with van der Waals surface area (Å²) in [6.07, 6.45) is 4.06. The van der Waals surface area contributed by atoms with Crippen molar-refractivity contribution in [1.29, 1.82) is 0 Å². The quantitative estimate of drug-likeness (QED) is 0.525. The first-order valence-electron chi connectivity index (χ1n) is 6.36. The number of hydrogen-bond acceptors (Lipinski definition) is 2. The van der Waals surface area contributed by atoms with Crippen LogP contribution >= 0.6 is 0 Å². The fraction of sp³-hybridized carbons (Fsp3) is 0.467. The molecule has 0 aliphatic rings. The molecule has 2 heteroatoms. The normalized spacial score (nSPS) is 10.2. The van der Waals surface area contributed by atoms with Gasteiger partial charge in [-0.3, -0.25) is 9.59 Å². The lowest BCUT2D eigenvalue weighted by atomic mass is 9.96. The number of rotatable bonds is 7. The van der Waals surface area contributed by atoms with E-state index in [-0.39, 0.29) is 11.6 Å². The first kappa shape index (κ1) is 13.6. The van der Waals surface area contributed by atoms with Crippen LogP contribution in [0.2, 0.25) is 0 Å². The van der Waals surface area contributed by atoms with Crippen LogP contribution in [0.1, 0.15) is 66.7 Å². The maximum atomic E-state index is 12.0. The summed E-state index contributed by atoms with van der Waals surface area (Å²) in [5, 5.41) is 0. The van der Waals surface area contributed by atoms with Crippen LogP contribution in [-0.2, 0) is 0 Å². The van der Waals surface area contributed by atoms with Crippen molar-refractivity contribution in [3.8, 4) is 0 Å². The number of Topliss-reactive ketones (excluding diaryl/α,β-unsaturated/α-hetero) is 2. The maximum absolute atomic E-state index is 12.0. The Morgan fingerprint density at radius 3 is 2.06 bits per heavy atom. The molecular weight excluding hydrogens is 212 g/mol. The zero-order chi connectivity index (χ0) is 12.7. The zero-order valence-electron chi connectivity index (χ0n) is 10.7. The molecule has 0 aliphatic heterocycles. The van der Waals surface area contributed by atoms with Crippen molar-refractivity contribution in [2.45, 2.75) is 46.0 Å². The average molecular weight is 232 g/mol. The third kappa shape index (κ3) is 3.81. The van der Waals surface area contributed by atoms with Crippen molar-refractivity contribution in [3.05, 3.63) is 35.4 Å². The van der Waals surface area contributed by atoms with E-state index in [0.717, 1.165) is 19.3 Å². The minimum Gasteiger partial charge on any atom is -0.294 e. The Labute approximate surface area is 103 Å². The topological polar surface area (TPSA) is 34.1 Å². The summed E-state index contributed by atoms with van der Waals surface area (Å²) < 4.78 is 0. The summed E-state index contributed by atoms with van der Waals surface area (Å²) in [5.74, 6) is 0.139. The van der Waals surface area contributed by atoms with Crippen LogP contribution in [-0.4, -0.2) is 11.6 Å². The summed E-state index contributed by atoms with van der Waals surface area (Å²) >= 11 is 0. The molecule has 1 aromatic carbocycles. The minimum absolute atomic E-state index is 0.0458. The molecule has 17 heavy (non-hydrogen) atoms. The first-order chi connectivity index (χ1) is 8.20. The van der Waals surface area contributed by atoms with E-state index in [2.05, 4.69) is 6.92 Å². The summed E-state index contributed by atoms with van der Waals surface area (Å²) in [4.78, 5) is 23.7. The van der Waals surface area contributed by atoms with Crippen LogP contribution in [0.4, 0.5) is 0 Å². The molecule has 1 rings (SSSR count). The molecule has 2 nitrogen and oxygen atoms in total. The first-order valence-corrected chi connectivity index (χ1v) is 6.36. The van der Waals surface area contributed by atoms with Crippen LogP contribution < -0.4 is 0 Å². The van der Waals surface area contributed by atoms with E-state index in [4.69, 9.17) is 0 Å². The van der Waals surface area contributed by atoms with Crippen LogP contribution in [0.15, 0.2) is 24.3 Å². The van der Waals surface area contributed by atoms with Gasteiger partial charge in [-0.1, -0.05) is 51.0 Å². The molecule has 0 saturated heterocycles. The van der Waals surface area contributed by atoms with Gasteiger partial charge in [0.1, 0.15) is 0 Å². The number of unbranched alkanes of at least 4 members (excludes halogenated alkanes) is 2. The van der Waals surface area contributed by atoms with Crippen LogP contribution in [0.3, 0.4) is 0 Å². The monoisotopic (exact) mass is 232 g/mol. The SMILES string of the molecule is CCCCCC(=O)c1ccccc1C(=O)CC. The second-order valence-corrected chi connectivity index (χ2v) is 4.20. The second-order valence-electron chi connectivity index (χ2n) is 4.20. The van der Waals surface area contributed by atoms with Gasteiger partial charge >= 0.3 is 0 Å². The van der Waals surface area contributed by atoms with Crippen molar-refractivity contribution in [2.75, 3.05) is 0 Å². The third-order valence-corrected chi connectivity index (χ3v) is 2.86. The van der Waals surface area contributed by atoms with Gasteiger partial charge in [-0.15, -0.1) is 0 Å². The summed E-state index contributed by atoms with van der Waals surface area (Å²) in [6, 6.07) is 7.14. The van der Waals surface area contributed by atoms with E-state index < -0.39 is 0 Å². The third-order valence-electron chi connectivity index (χ3n) is 2.86. The predicted molar refractivity (Wildman–Crippen MR) is 69.5 cm³/mol. The lowest BCUT2D eigenvalue weighted by Gasteiger charge is -2.06. The van der Waals surface area contributed by atoms with E-state index in [1.54, 1.807) is 12.1 Å². The molecular formula is C15H20O2. The van der Waals surface area contributed by atoms with Gasteiger partial charge in [0, 0.05) is 24.0 Å². The van der Waals surface area contributed by atoms with E-state index >= 15 is 0 Å². The minimum atomic E-state index is 0.0458. The summed E-state index contributed by atoms with van der Waals surface area (Å²) in [6.45, 7) is 3.93. The van der Waals surface area contributed by atoms with Gasteiger partial charge < -0.3 is 0 Å². The molecule has 0 bridgehead atoms. The molecule has 0 spiro atoms. The summed E-state index contributed by atoms with van der Waals surface area (Å²) in [7, 11) is 0. The number of carbonyl (C=O) groups excluding carboxylic acids is 2. The second kappa shape index (κ2) is 7.00. The predicted octanol–water partition coefficient (Wildman–Crippen LogP) is 4.04. The number of benzene rings is 1. The molecule has 1 aromatic rings. The van der Waals surface area contributed by atoms with Crippen molar-refractivity contribution < 1.29 is 9.59 Å². The van der Waals surface area contributed by atoms with Gasteiger partial charge in [0.2, 0.25) is 0 Å². The Balaban J connectivity index is 2.82. The molecule has 0 aliphatic carbocycles. The fourth-order valence-electron chi connectivity index (χ4n) is 1.83. The molecule has 0 unspecified atom stereocenters. The highest BCUT2D eigenvalue weighted by atomic mass is 16.1. The maximum Gasteiger partial charge on any atom is 0.163 e. The average Bonchev–Trinajstić information content (AvgIpc) is 2.38. The van der Waals surface area contributed by atoms with Crippen molar-refractivity contribution in [3.63, 3.8) is 0 Å². The Morgan fingerprint density at radius 2 is 1.53 bits per heavy atom. The van der Waals surface area contributed by atoms with Gasteiger partial charge in [0.05, 0.1) is 0 Å². The van der Waals surface area contributed by atoms with Crippen LogP contribution in [0.25, 0.3) is 0 Å². The van der Waals surface area contributed by atoms with Gasteiger partial charge in [0.15, 0.2) is 11.6 Å². The molecule has 0 N–H and O–H groups in total. The number of ketones is 2. The molecule has 0 radical (unpaired) electrons. The molecule has 0 atom stereocenters. The molecule has 0 heterocycles. The molecule has 92 valence electrons. The van der Waals surface area contributed by atoms with E-state index in [0.29, 0.717) is 24.0 Å². The fourth-order valence-corrected chi connectivity index (χ4v) is 1.83. The van der Waals surface area contributed by atoms with Gasteiger partial charge in [-0.05, 0) is 6.42 Å². The Bertz CT molecular complexity index is 394. The van der Waals surface area contributed by atoms with Crippen molar-refractivity contribution >= 4 is 11.6 Å². The van der Waals surface area contributed by atoms with E-state index in [1.165, 1.54) is 0 Å². The highest BCUT2D eigenvalue weighted by Gasteiger charge is 2.14. The number of carbonyl (C=O) groups is 2. The van der Waals surface area contributed by atoms with Crippen LogP contribution in [0, 0.1) is 0 Å². The lowest BCUT2D eigenvalue weighted by Crippen LogP contribution is -2.08. The van der Waals surface area contributed by atoms with Gasteiger partial charge in [0.25, 0.3) is 0 Å². The molecule has 0 aromatic heterocycles. The number of hydrogen-bond donors (Lipinski definition) is 0. The summed E-state index contributed by atoms with van der Waals surface area (Å²) in [5.41, 5.74) is 1.17. The molecule has 0 amide bonds. The van der Waals surface area contributed by atoms with E-state index in [9.17, 15) is 9.59 Å². The van der Waals surface area contributed by atoms with Crippen LogP contribution in [0.5, 0.6) is 0 Å². The van der Waals surface area contributed by atoms with Gasteiger partial charge in [-0.2, -0.15) is 0 Å². The van der Waals surface area contributed by atoms with E-state index in [1.807, 2.05) is 19.1 Å². The van der Waals surface area contributed by atoms with Crippen molar-refractivity contribution in [2.24, 2.45) is 0 Å². The highest BCUT2D eigenvalue weighted by Crippen LogP contribution is 2.15. The smallest absolute Gasteiger partial charge is 0.163 e. The highest BCUT2D eigenvalue weighted by molar-refractivity contribution is 6.08. The standard InChI is InChI=1S/C15H20O2/c1-3-5-6-11-15(17)13-10-8-7-9-12(13)14(16)4-2/h7-10H,3-6,11H2,1-2H3. The van der Waals surface area contributed by atoms with Crippen molar-refractivity contribution in [1.82, 2.24) is 0 Å². The van der Waals surface area contributed by atoms with Gasteiger partial charge in [-0.25, -0.2) is 0 Å². The zero-order valence-corrected chi connectivity index (χ0v) is 10.7. The molecule has 0 fully saturated rings. The molecule has 0 saturated carbocycles.